The average molecular weight is 325 g/mol. The van der Waals surface area contributed by atoms with Crippen LogP contribution in [0.4, 0.5) is 10.2 Å². The van der Waals surface area contributed by atoms with Gasteiger partial charge in [-0.15, -0.1) is 0 Å². The number of halogens is 1. The van der Waals surface area contributed by atoms with Crippen molar-refractivity contribution in [2.45, 2.75) is 26.7 Å². The number of rotatable bonds is 2. The van der Waals surface area contributed by atoms with Gasteiger partial charge < -0.3 is 4.90 Å². The SMILES string of the molecule is Cc1nn(-c2ccccc2F)c2ncnc(N3CCC(C)CC3)c12. The highest BCUT2D eigenvalue weighted by Gasteiger charge is 2.23. The molecule has 124 valence electrons. The van der Waals surface area contributed by atoms with Gasteiger partial charge in [-0.25, -0.2) is 19.0 Å². The van der Waals surface area contributed by atoms with Crippen LogP contribution in [0.2, 0.25) is 0 Å². The van der Waals surface area contributed by atoms with Crippen molar-refractivity contribution in [2.75, 3.05) is 18.0 Å². The molecule has 0 amide bonds. The van der Waals surface area contributed by atoms with Gasteiger partial charge in [-0.1, -0.05) is 19.1 Å². The summed E-state index contributed by atoms with van der Waals surface area (Å²) in [5.41, 5.74) is 1.89. The third-order valence-electron chi connectivity index (χ3n) is 4.78. The molecule has 0 saturated carbocycles. The van der Waals surface area contributed by atoms with Gasteiger partial charge in [0.1, 0.15) is 23.6 Å². The first-order chi connectivity index (χ1) is 11.6. The monoisotopic (exact) mass is 325 g/mol. The maximum atomic E-state index is 14.2. The summed E-state index contributed by atoms with van der Waals surface area (Å²) >= 11 is 0. The van der Waals surface area contributed by atoms with Crippen molar-refractivity contribution in [1.29, 1.82) is 0 Å². The first kappa shape index (κ1) is 15.1. The van der Waals surface area contributed by atoms with Crippen LogP contribution in [0, 0.1) is 18.7 Å². The van der Waals surface area contributed by atoms with E-state index in [4.69, 9.17) is 0 Å². The molecule has 0 radical (unpaired) electrons. The van der Waals surface area contributed by atoms with Gasteiger partial charge >= 0.3 is 0 Å². The van der Waals surface area contributed by atoms with Crippen LogP contribution in [0.3, 0.4) is 0 Å². The quantitative estimate of drug-likeness (QED) is 0.723. The molecule has 0 N–H and O–H groups in total. The zero-order valence-electron chi connectivity index (χ0n) is 13.9. The van der Waals surface area contributed by atoms with Crippen molar-refractivity contribution < 1.29 is 4.39 Å². The molecule has 1 aliphatic heterocycles. The normalized spacial score (nSPS) is 16.0. The van der Waals surface area contributed by atoms with Crippen LogP contribution in [0.25, 0.3) is 16.7 Å². The van der Waals surface area contributed by atoms with Crippen LogP contribution in [0.1, 0.15) is 25.5 Å². The molecule has 3 heterocycles. The second kappa shape index (κ2) is 5.85. The number of fused-ring (bicyclic) bond motifs is 1. The van der Waals surface area contributed by atoms with Crippen LogP contribution < -0.4 is 4.90 Å². The molecule has 3 aromatic rings. The second-order valence-corrected chi connectivity index (χ2v) is 6.51. The maximum absolute atomic E-state index is 14.2. The lowest BCUT2D eigenvalue weighted by Gasteiger charge is -2.31. The lowest BCUT2D eigenvalue weighted by molar-refractivity contribution is 0.437. The third-order valence-corrected chi connectivity index (χ3v) is 4.78. The van der Waals surface area contributed by atoms with Gasteiger partial charge in [0.05, 0.1) is 11.1 Å². The van der Waals surface area contributed by atoms with Gasteiger partial charge in [0.2, 0.25) is 0 Å². The summed E-state index contributed by atoms with van der Waals surface area (Å²) in [5.74, 6) is 1.35. The van der Waals surface area contributed by atoms with Crippen LogP contribution in [0.5, 0.6) is 0 Å². The summed E-state index contributed by atoms with van der Waals surface area (Å²) in [5, 5.41) is 5.45. The highest BCUT2D eigenvalue weighted by atomic mass is 19.1. The number of anilines is 1. The van der Waals surface area contributed by atoms with Gasteiger partial charge in [-0.3, -0.25) is 0 Å². The van der Waals surface area contributed by atoms with Crippen molar-refractivity contribution in [3.05, 3.63) is 42.1 Å². The summed E-state index contributed by atoms with van der Waals surface area (Å²) in [6.45, 7) is 6.18. The number of benzene rings is 1. The van der Waals surface area contributed by atoms with E-state index >= 15 is 0 Å². The van der Waals surface area contributed by atoms with Crippen molar-refractivity contribution in [2.24, 2.45) is 5.92 Å². The fraction of sp³-hybridized carbons (Fsp3) is 0.389. The maximum Gasteiger partial charge on any atom is 0.168 e. The molecule has 24 heavy (non-hydrogen) atoms. The van der Waals surface area contributed by atoms with Crippen molar-refractivity contribution in [1.82, 2.24) is 19.7 Å². The predicted molar refractivity (Wildman–Crippen MR) is 92.0 cm³/mol. The second-order valence-electron chi connectivity index (χ2n) is 6.51. The Kier molecular flexibility index (Phi) is 3.67. The van der Waals surface area contributed by atoms with Crippen LogP contribution in [-0.4, -0.2) is 32.8 Å². The minimum Gasteiger partial charge on any atom is -0.356 e. The number of para-hydroxylation sites is 1. The van der Waals surface area contributed by atoms with Gasteiger partial charge in [0, 0.05) is 13.1 Å². The predicted octanol–water partition coefficient (Wildman–Crippen LogP) is 3.50. The number of aromatic nitrogens is 4. The molecule has 2 aromatic heterocycles. The number of nitrogens with zero attached hydrogens (tertiary/aromatic N) is 5. The summed E-state index contributed by atoms with van der Waals surface area (Å²) < 4.78 is 15.8. The minimum absolute atomic E-state index is 0.311. The Labute approximate surface area is 140 Å². The van der Waals surface area contributed by atoms with E-state index in [1.807, 2.05) is 6.92 Å². The Balaban J connectivity index is 1.86. The van der Waals surface area contributed by atoms with Crippen molar-refractivity contribution >= 4 is 16.9 Å². The molecule has 1 aromatic carbocycles. The molecule has 1 saturated heterocycles. The first-order valence-corrected chi connectivity index (χ1v) is 8.35. The van der Waals surface area contributed by atoms with Gasteiger partial charge in [0.15, 0.2) is 5.65 Å². The van der Waals surface area contributed by atoms with E-state index in [1.165, 1.54) is 6.07 Å². The lowest BCUT2D eigenvalue weighted by Crippen LogP contribution is -2.33. The molecule has 0 spiro atoms. The Morgan fingerprint density at radius 2 is 1.88 bits per heavy atom. The standard InChI is InChI=1S/C18H20FN5/c1-12-7-9-23(10-8-12)17-16-13(2)22-24(18(16)21-11-20-17)15-6-4-3-5-14(15)19/h3-6,11-12H,7-10H2,1-2H3. The molecule has 4 rings (SSSR count). The van der Waals surface area contributed by atoms with E-state index in [2.05, 4.69) is 26.9 Å². The van der Waals surface area contributed by atoms with Crippen molar-refractivity contribution in [3.8, 4) is 5.69 Å². The van der Waals surface area contributed by atoms with Gasteiger partial charge in [-0.2, -0.15) is 5.10 Å². The highest BCUT2D eigenvalue weighted by molar-refractivity contribution is 5.90. The molecule has 0 aliphatic carbocycles. The molecule has 0 atom stereocenters. The van der Waals surface area contributed by atoms with Crippen LogP contribution in [-0.2, 0) is 0 Å². The van der Waals surface area contributed by atoms with Gasteiger partial charge in [-0.05, 0) is 37.8 Å². The lowest BCUT2D eigenvalue weighted by atomic mass is 9.99. The van der Waals surface area contributed by atoms with E-state index < -0.39 is 0 Å². The topological polar surface area (TPSA) is 46.8 Å². The number of aryl methyl sites for hydroxylation is 1. The fourth-order valence-corrected chi connectivity index (χ4v) is 3.35. The molecule has 1 fully saturated rings. The zero-order valence-corrected chi connectivity index (χ0v) is 13.9. The summed E-state index contributed by atoms with van der Waals surface area (Å²) in [4.78, 5) is 11.2. The Morgan fingerprint density at radius 1 is 1.12 bits per heavy atom. The molecular formula is C18H20FN5. The zero-order chi connectivity index (χ0) is 16.7. The van der Waals surface area contributed by atoms with E-state index in [1.54, 1.807) is 29.2 Å². The van der Waals surface area contributed by atoms with Gasteiger partial charge in [0.25, 0.3) is 0 Å². The van der Waals surface area contributed by atoms with E-state index in [9.17, 15) is 4.39 Å². The fourth-order valence-electron chi connectivity index (χ4n) is 3.35. The first-order valence-electron chi connectivity index (χ1n) is 8.35. The van der Waals surface area contributed by atoms with E-state index in [-0.39, 0.29) is 5.82 Å². The molecule has 1 aliphatic rings. The Bertz CT molecular complexity index is 880. The summed E-state index contributed by atoms with van der Waals surface area (Å²) in [6.07, 6.45) is 3.87. The Morgan fingerprint density at radius 3 is 2.62 bits per heavy atom. The molecule has 5 nitrogen and oxygen atoms in total. The Hall–Kier alpha value is -2.50. The number of piperidine rings is 1. The third kappa shape index (κ3) is 2.42. The molecule has 0 bridgehead atoms. The smallest absolute Gasteiger partial charge is 0.168 e. The van der Waals surface area contributed by atoms with E-state index in [0.717, 1.165) is 48.7 Å². The summed E-state index contributed by atoms with van der Waals surface area (Å²) in [7, 11) is 0. The highest BCUT2D eigenvalue weighted by Crippen LogP contribution is 2.30. The number of hydrogen-bond acceptors (Lipinski definition) is 4. The molecule has 6 heteroatoms. The van der Waals surface area contributed by atoms with E-state index in [0.29, 0.717) is 11.3 Å². The van der Waals surface area contributed by atoms with Crippen molar-refractivity contribution in [3.63, 3.8) is 0 Å². The average Bonchev–Trinajstić information content (AvgIpc) is 2.93. The molecular weight excluding hydrogens is 305 g/mol. The van der Waals surface area contributed by atoms with Crippen LogP contribution >= 0.6 is 0 Å². The largest absolute Gasteiger partial charge is 0.356 e. The number of hydrogen-bond donors (Lipinski definition) is 0. The minimum atomic E-state index is -0.311. The van der Waals surface area contributed by atoms with Crippen LogP contribution in [0.15, 0.2) is 30.6 Å². The summed E-state index contributed by atoms with van der Waals surface area (Å²) in [6, 6.07) is 6.62. The molecule has 0 unspecified atom stereocenters.